The first-order chi connectivity index (χ1) is 7.34. The molecule has 6 nitrogen and oxygen atoms in total. The predicted octanol–water partition coefficient (Wildman–Crippen LogP) is -2.37. The van der Waals surface area contributed by atoms with Crippen LogP contribution in [0.1, 0.15) is 20.3 Å². The van der Waals surface area contributed by atoms with Gasteiger partial charge in [0.05, 0.1) is 12.2 Å². The molecule has 2 unspecified atom stereocenters. The van der Waals surface area contributed by atoms with Gasteiger partial charge in [-0.3, -0.25) is 0 Å². The zero-order chi connectivity index (χ0) is 12.5. The van der Waals surface area contributed by atoms with Crippen LogP contribution in [-0.2, 0) is 9.53 Å². The maximum absolute atomic E-state index is 10.4. The zero-order valence-electron chi connectivity index (χ0n) is 9.24. The maximum Gasteiger partial charge on any atom is 0.111 e. The second kappa shape index (κ2) is 5.09. The van der Waals surface area contributed by atoms with Gasteiger partial charge < -0.3 is 30.0 Å². The molecule has 0 amide bonds. The Morgan fingerprint density at radius 2 is 1.81 bits per heavy atom. The largest absolute Gasteiger partial charge is 0.550 e. The second-order valence-corrected chi connectivity index (χ2v) is 4.43. The van der Waals surface area contributed by atoms with E-state index in [0.717, 1.165) is 0 Å². The molecule has 5 atom stereocenters. The van der Waals surface area contributed by atoms with Gasteiger partial charge in [-0.25, -0.2) is 0 Å². The predicted molar refractivity (Wildman–Crippen MR) is 51.1 cm³/mol. The van der Waals surface area contributed by atoms with Crippen molar-refractivity contribution < 1.29 is 30.0 Å². The molecule has 1 fully saturated rings. The van der Waals surface area contributed by atoms with Crippen LogP contribution in [0.25, 0.3) is 0 Å². The third-order valence-corrected chi connectivity index (χ3v) is 2.77. The molecule has 94 valence electrons. The highest BCUT2D eigenvalue weighted by atomic mass is 16.5. The first-order valence-electron chi connectivity index (χ1n) is 5.24. The third-order valence-electron chi connectivity index (χ3n) is 2.77. The van der Waals surface area contributed by atoms with E-state index < -0.39 is 42.9 Å². The standard InChI is InChI=1S/C10H18O6/c1-4(2)10-9(15)8(14)7(13)5(16-10)3-6(11)12/h4-5,7-10,13-15H,3H2,1-2H3,(H,11,12)/p-1/t5?,7-,8?,9+,10+/m1/s1. The Kier molecular flexibility index (Phi) is 4.26. The average Bonchev–Trinajstić information content (AvgIpc) is 2.18. The Bertz CT molecular complexity index is 254. The number of carboxylic acid groups (broad SMARTS) is 1. The van der Waals surface area contributed by atoms with E-state index in [4.69, 9.17) is 4.74 Å². The quantitative estimate of drug-likeness (QED) is 0.502. The summed E-state index contributed by atoms with van der Waals surface area (Å²) in [4.78, 5) is 10.4. The Balaban J connectivity index is 2.76. The smallest absolute Gasteiger partial charge is 0.111 e. The Labute approximate surface area is 93.5 Å². The normalized spacial score (nSPS) is 40.0. The van der Waals surface area contributed by atoms with Gasteiger partial charge in [-0.1, -0.05) is 13.8 Å². The fourth-order valence-electron chi connectivity index (χ4n) is 1.86. The van der Waals surface area contributed by atoms with Crippen LogP contribution in [0, 0.1) is 5.92 Å². The van der Waals surface area contributed by atoms with E-state index in [-0.39, 0.29) is 5.92 Å². The first kappa shape index (κ1) is 13.4. The van der Waals surface area contributed by atoms with E-state index >= 15 is 0 Å². The highest BCUT2D eigenvalue weighted by molar-refractivity contribution is 5.65. The van der Waals surface area contributed by atoms with Gasteiger partial charge >= 0.3 is 0 Å². The first-order valence-corrected chi connectivity index (χ1v) is 5.24. The van der Waals surface area contributed by atoms with Crippen molar-refractivity contribution in [3.05, 3.63) is 0 Å². The number of aliphatic hydroxyl groups is 3. The number of carboxylic acids is 1. The van der Waals surface area contributed by atoms with Gasteiger partial charge in [-0.2, -0.15) is 0 Å². The summed E-state index contributed by atoms with van der Waals surface area (Å²) < 4.78 is 5.27. The molecule has 1 aliphatic rings. The molecule has 16 heavy (non-hydrogen) atoms. The molecule has 3 N–H and O–H groups in total. The molecule has 6 heteroatoms. The lowest BCUT2D eigenvalue weighted by atomic mass is 9.88. The highest BCUT2D eigenvalue weighted by Gasteiger charge is 2.44. The summed E-state index contributed by atoms with van der Waals surface area (Å²) in [5.41, 5.74) is 0. The van der Waals surface area contributed by atoms with Crippen LogP contribution in [0.3, 0.4) is 0 Å². The lowest BCUT2D eigenvalue weighted by Gasteiger charge is -2.42. The van der Waals surface area contributed by atoms with E-state index in [2.05, 4.69) is 0 Å². The lowest BCUT2D eigenvalue weighted by molar-refractivity contribution is -0.312. The minimum absolute atomic E-state index is 0.0959. The van der Waals surface area contributed by atoms with Crippen LogP contribution in [0.15, 0.2) is 0 Å². The molecule has 0 aromatic carbocycles. The van der Waals surface area contributed by atoms with Crippen LogP contribution in [0.4, 0.5) is 0 Å². The topological polar surface area (TPSA) is 110 Å². The van der Waals surface area contributed by atoms with Crippen LogP contribution in [0.5, 0.6) is 0 Å². The molecule has 1 rings (SSSR count). The van der Waals surface area contributed by atoms with Crippen molar-refractivity contribution in [1.29, 1.82) is 0 Å². The molecular formula is C10H17O6-. The van der Waals surface area contributed by atoms with E-state index in [1.807, 2.05) is 0 Å². The van der Waals surface area contributed by atoms with Gasteiger partial charge in [0.1, 0.15) is 18.3 Å². The fraction of sp³-hybridized carbons (Fsp3) is 0.900. The Hall–Kier alpha value is -0.690. The number of hydrogen-bond acceptors (Lipinski definition) is 6. The molecule has 1 saturated heterocycles. The minimum atomic E-state index is -1.41. The van der Waals surface area contributed by atoms with Gasteiger partial charge in [0, 0.05) is 12.4 Å². The van der Waals surface area contributed by atoms with Crippen molar-refractivity contribution in [2.24, 2.45) is 5.92 Å². The van der Waals surface area contributed by atoms with E-state index in [0.29, 0.717) is 0 Å². The summed E-state index contributed by atoms with van der Waals surface area (Å²) in [5, 5.41) is 39.1. The number of aliphatic hydroxyl groups excluding tert-OH is 3. The van der Waals surface area contributed by atoms with Crippen molar-refractivity contribution in [3.63, 3.8) is 0 Å². The van der Waals surface area contributed by atoms with E-state index in [1.54, 1.807) is 13.8 Å². The third kappa shape index (κ3) is 2.70. The molecule has 0 aliphatic carbocycles. The van der Waals surface area contributed by atoms with Crippen LogP contribution in [0.2, 0.25) is 0 Å². The second-order valence-electron chi connectivity index (χ2n) is 4.43. The van der Waals surface area contributed by atoms with Crippen molar-refractivity contribution in [2.45, 2.75) is 50.8 Å². The highest BCUT2D eigenvalue weighted by Crippen LogP contribution is 2.27. The molecule has 1 aliphatic heterocycles. The number of carbonyl (C=O) groups is 1. The van der Waals surface area contributed by atoms with Crippen molar-refractivity contribution in [3.8, 4) is 0 Å². The average molecular weight is 233 g/mol. The molecule has 0 saturated carbocycles. The molecule has 0 aromatic rings. The van der Waals surface area contributed by atoms with Crippen LogP contribution < -0.4 is 5.11 Å². The monoisotopic (exact) mass is 233 g/mol. The molecule has 0 radical (unpaired) electrons. The summed E-state index contributed by atoms with van der Waals surface area (Å²) in [6.07, 6.45) is -6.27. The van der Waals surface area contributed by atoms with Crippen molar-refractivity contribution >= 4 is 5.97 Å². The molecule has 0 aromatic heterocycles. The van der Waals surface area contributed by atoms with Crippen molar-refractivity contribution in [1.82, 2.24) is 0 Å². The summed E-state index contributed by atoms with van der Waals surface area (Å²) in [6, 6.07) is 0. The zero-order valence-corrected chi connectivity index (χ0v) is 9.24. The molecule has 1 heterocycles. The summed E-state index contributed by atoms with van der Waals surface area (Å²) in [6.45, 7) is 3.54. The number of aliphatic carboxylic acids is 1. The number of hydrogen-bond donors (Lipinski definition) is 3. The lowest BCUT2D eigenvalue weighted by Crippen LogP contribution is -2.59. The van der Waals surface area contributed by atoms with Gasteiger partial charge in [0.15, 0.2) is 0 Å². The van der Waals surface area contributed by atoms with E-state index in [1.165, 1.54) is 0 Å². The summed E-state index contributed by atoms with van der Waals surface area (Å²) in [5.74, 6) is -1.46. The minimum Gasteiger partial charge on any atom is -0.550 e. The van der Waals surface area contributed by atoms with Crippen LogP contribution >= 0.6 is 0 Å². The Morgan fingerprint density at radius 1 is 1.25 bits per heavy atom. The summed E-state index contributed by atoms with van der Waals surface area (Å²) in [7, 11) is 0. The van der Waals surface area contributed by atoms with Gasteiger partial charge in [-0.15, -0.1) is 0 Å². The van der Waals surface area contributed by atoms with E-state index in [9.17, 15) is 25.2 Å². The SMILES string of the molecule is CC(C)[C@@H]1OC(CC(=O)[O-])[C@@H](O)C(O)[C@@H]1O. The van der Waals surface area contributed by atoms with Crippen molar-refractivity contribution in [2.75, 3.05) is 0 Å². The fourth-order valence-corrected chi connectivity index (χ4v) is 1.86. The molecule has 0 spiro atoms. The summed E-state index contributed by atoms with van der Waals surface area (Å²) >= 11 is 0. The van der Waals surface area contributed by atoms with Gasteiger partial charge in [0.2, 0.25) is 0 Å². The Morgan fingerprint density at radius 3 is 2.25 bits per heavy atom. The van der Waals surface area contributed by atoms with Gasteiger partial charge in [0.25, 0.3) is 0 Å². The molecular weight excluding hydrogens is 216 g/mol. The maximum atomic E-state index is 10.4. The van der Waals surface area contributed by atoms with Crippen LogP contribution in [-0.4, -0.2) is 51.8 Å². The number of ether oxygens (including phenoxy) is 1. The molecule has 0 bridgehead atoms. The number of rotatable bonds is 3. The van der Waals surface area contributed by atoms with Gasteiger partial charge in [-0.05, 0) is 5.92 Å². The number of carbonyl (C=O) groups excluding carboxylic acids is 1.